The molecule has 1 aliphatic heterocycles. The summed E-state index contributed by atoms with van der Waals surface area (Å²) in [4.78, 5) is 43.8. The molecule has 0 spiro atoms. The summed E-state index contributed by atoms with van der Waals surface area (Å²) >= 11 is 0. The third-order valence-corrected chi connectivity index (χ3v) is 6.04. The van der Waals surface area contributed by atoms with E-state index < -0.39 is 40.9 Å². The topological polar surface area (TPSA) is 148 Å². The van der Waals surface area contributed by atoms with Crippen LogP contribution in [-0.2, 0) is 31.7 Å². The monoisotopic (exact) mass is 478 g/mol. The summed E-state index contributed by atoms with van der Waals surface area (Å²) in [6.07, 6.45) is -3.08. The number of methoxy groups -OCH3 is 1. The number of halogens is 3. The molecule has 2 aromatic rings. The van der Waals surface area contributed by atoms with E-state index in [1.165, 1.54) is 0 Å². The van der Waals surface area contributed by atoms with E-state index in [1.54, 1.807) is 18.2 Å². The molecule has 4 rings (SSSR count). The standard InChI is InChI=1S/C21H21F3N6O4/c1-34-18(33)20(5-2-6-20)15(16(25)32)29-17-12(21(22,23)24)9-26-19(30-17)27-11-3-4-13-10(7-11)8-14(31)28-13/h3-4,7,9,15H,2,5-6,8H2,1H3,(H2,25,32)(H,28,31)(H2,26,27,29,30). The lowest BCUT2D eigenvalue weighted by Crippen LogP contribution is -2.57. The first-order valence-electron chi connectivity index (χ1n) is 10.3. The van der Waals surface area contributed by atoms with Gasteiger partial charge in [-0.1, -0.05) is 6.42 Å². The number of hydrogen-bond acceptors (Lipinski definition) is 8. The fourth-order valence-electron chi connectivity index (χ4n) is 4.19. The van der Waals surface area contributed by atoms with Crippen LogP contribution in [0, 0.1) is 5.41 Å². The van der Waals surface area contributed by atoms with Crippen LogP contribution in [0.1, 0.15) is 30.4 Å². The summed E-state index contributed by atoms with van der Waals surface area (Å²) in [5.74, 6) is -2.82. The normalized spacial score (nSPS) is 17.1. The maximum absolute atomic E-state index is 13.7. The van der Waals surface area contributed by atoms with Gasteiger partial charge in [0.1, 0.15) is 17.4 Å². The van der Waals surface area contributed by atoms with Crippen LogP contribution in [0.4, 0.5) is 36.3 Å². The Hall–Kier alpha value is -3.90. The number of carbonyl (C=O) groups excluding carboxylic acids is 3. The van der Waals surface area contributed by atoms with Gasteiger partial charge in [-0.3, -0.25) is 14.4 Å². The Morgan fingerprint density at radius 2 is 2.03 bits per heavy atom. The number of aromatic nitrogens is 2. The first-order valence-corrected chi connectivity index (χ1v) is 10.3. The molecule has 5 N–H and O–H groups in total. The molecule has 1 unspecified atom stereocenters. The fourth-order valence-corrected chi connectivity index (χ4v) is 4.19. The predicted octanol–water partition coefficient (Wildman–Crippen LogP) is 2.34. The van der Waals surface area contributed by atoms with Crippen molar-refractivity contribution in [2.75, 3.05) is 23.1 Å². The first kappa shape index (κ1) is 23.3. The molecule has 0 saturated heterocycles. The molecular weight excluding hydrogens is 457 g/mol. The largest absolute Gasteiger partial charge is 0.469 e. The van der Waals surface area contributed by atoms with Crippen molar-refractivity contribution in [2.24, 2.45) is 11.1 Å². The van der Waals surface area contributed by atoms with Crippen LogP contribution in [0.3, 0.4) is 0 Å². The fraction of sp³-hybridized carbons (Fsp3) is 0.381. The minimum absolute atomic E-state index is 0.168. The summed E-state index contributed by atoms with van der Waals surface area (Å²) in [5.41, 5.74) is 4.65. The van der Waals surface area contributed by atoms with Gasteiger partial charge in [-0.05, 0) is 36.6 Å². The van der Waals surface area contributed by atoms with E-state index in [9.17, 15) is 27.6 Å². The zero-order chi connectivity index (χ0) is 24.7. The van der Waals surface area contributed by atoms with E-state index in [0.29, 0.717) is 29.6 Å². The number of carbonyl (C=O) groups is 3. The van der Waals surface area contributed by atoms with Crippen molar-refractivity contribution in [3.63, 3.8) is 0 Å². The summed E-state index contributed by atoms with van der Waals surface area (Å²) < 4.78 is 45.8. The lowest BCUT2D eigenvalue weighted by Gasteiger charge is -2.43. The van der Waals surface area contributed by atoms with Gasteiger partial charge in [-0.25, -0.2) is 4.98 Å². The van der Waals surface area contributed by atoms with Crippen molar-refractivity contribution in [1.29, 1.82) is 0 Å². The molecule has 1 saturated carbocycles. The van der Waals surface area contributed by atoms with Crippen LogP contribution in [-0.4, -0.2) is 40.9 Å². The third kappa shape index (κ3) is 4.20. The number of amides is 2. The smallest absolute Gasteiger partial charge is 0.421 e. The number of nitrogens with two attached hydrogens (primary N) is 1. The molecule has 10 nitrogen and oxygen atoms in total. The third-order valence-electron chi connectivity index (χ3n) is 6.04. The van der Waals surface area contributed by atoms with E-state index in [1.807, 2.05) is 0 Å². The highest BCUT2D eigenvalue weighted by Gasteiger charge is 2.54. The van der Waals surface area contributed by atoms with Crippen molar-refractivity contribution in [3.8, 4) is 0 Å². The maximum Gasteiger partial charge on any atom is 0.421 e. The molecule has 0 bridgehead atoms. The second kappa shape index (κ2) is 8.47. The Bertz CT molecular complexity index is 1170. The molecule has 1 aliphatic carbocycles. The number of primary amides is 1. The highest BCUT2D eigenvalue weighted by molar-refractivity contribution is 5.99. The molecule has 1 aromatic carbocycles. The quantitative estimate of drug-likeness (QED) is 0.443. The van der Waals surface area contributed by atoms with E-state index >= 15 is 0 Å². The van der Waals surface area contributed by atoms with Crippen LogP contribution in [0.25, 0.3) is 0 Å². The number of hydrogen-bond donors (Lipinski definition) is 4. The Morgan fingerprint density at radius 1 is 1.29 bits per heavy atom. The van der Waals surface area contributed by atoms with E-state index in [2.05, 4.69) is 25.9 Å². The van der Waals surface area contributed by atoms with Gasteiger partial charge in [0, 0.05) is 17.6 Å². The summed E-state index contributed by atoms with van der Waals surface area (Å²) in [6, 6.07) is 3.42. The van der Waals surface area contributed by atoms with E-state index in [-0.39, 0.29) is 31.1 Å². The Morgan fingerprint density at radius 3 is 2.62 bits per heavy atom. The summed E-state index contributed by atoms with van der Waals surface area (Å²) in [7, 11) is 1.13. The van der Waals surface area contributed by atoms with Gasteiger partial charge < -0.3 is 26.4 Å². The van der Waals surface area contributed by atoms with Gasteiger partial charge in [-0.2, -0.15) is 18.2 Å². The van der Waals surface area contributed by atoms with Crippen LogP contribution in [0.15, 0.2) is 24.4 Å². The molecule has 1 atom stereocenters. The zero-order valence-electron chi connectivity index (χ0n) is 18.0. The number of ether oxygens (including phenoxy) is 1. The number of nitrogens with zero attached hydrogens (tertiary/aromatic N) is 2. The number of alkyl halides is 3. The highest BCUT2D eigenvalue weighted by Crippen LogP contribution is 2.46. The van der Waals surface area contributed by atoms with Gasteiger partial charge in [0.2, 0.25) is 17.8 Å². The van der Waals surface area contributed by atoms with Crippen molar-refractivity contribution < 1.29 is 32.3 Å². The lowest BCUT2D eigenvalue weighted by molar-refractivity contribution is -0.161. The van der Waals surface area contributed by atoms with Gasteiger partial charge in [0.05, 0.1) is 18.9 Å². The lowest BCUT2D eigenvalue weighted by atomic mass is 9.63. The molecule has 1 aromatic heterocycles. The van der Waals surface area contributed by atoms with Crippen LogP contribution < -0.4 is 21.7 Å². The van der Waals surface area contributed by atoms with Crippen LogP contribution in [0.5, 0.6) is 0 Å². The van der Waals surface area contributed by atoms with E-state index in [4.69, 9.17) is 10.5 Å². The average Bonchev–Trinajstić information content (AvgIpc) is 3.10. The molecule has 13 heteroatoms. The molecule has 2 aliphatic rings. The Labute approximate surface area is 191 Å². The van der Waals surface area contributed by atoms with Crippen LogP contribution in [0.2, 0.25) is 0 Å². The second-order valence-corrected chi connectivity index (χ2v) is 8.16. The molecule has 180 valence electrons. The molecular formula is C21H21F3N6O4. The van der Waals surface area contributed by atoms with Crippen molar-refractivity contribution >= 4 is 40.9 Å². The van der Waals surface area contributed by atoms with Gasteiger partial charge in [0.25, 0.3) is 0 Å². The molecule has 2 amide bonds. The van der Waals surface area contributed by atoms with Crippen molar-refractivity contribution in [2.45, 2.75) is 37.9 Å². The average molecular weight is 478 g/mol. The Balaban J connectivity index is 1.67. The highest BCUT2D eigenvalue weighted by atomic mass is 19.4. The Kier molecular flexibility index (Phi) is 5.79. The minimum atomic E-state index is -4.85. The first-order chi connectivity index (χ1) is 16.0. The number of rotatable bonds is 7. The van der Waals surface area contributed by atoms with Gasteiger partial charge in [-0.15, -0.1) is 0 Å². The van der Waals surface area contributed by atoms with Crippen molar-refractivity contribution in [3.05, 3.63) is 35.5 Å². The molecule has 34 heavy (non-hydrogen) atoms. The predicted molar refractivity (Wildman–Crippen MR) is 114 cm³/mol. The summed E-state index contributed by atoms with van der Waals surface area (Å²) in [6.45, 7) is 0. The summed E-state index contributed by atoms with van der Waals surface area (Å²) in [5, 5.41) is 7.92. The number of esters is 1. The number of anilines is 4. The van der Waals surface area contributed by atoms with Crippen molar-refractivity contribution in [1.82, 2.24) is 9.97 Å². The molecule has 2 heterocycles. The number of fused-ring (bicyclic) bond motifs is 1. The SMILES string of the molecule is COC(=O)C1(C(Nc2nc(Nc3ccc4c(c3)CC(=O)N4)ncc2C(F)(F)F)C(N)=O)CCC1. The van der Waals surface area contributed by atoms with E-state index in [0.717, 1.165) is 7.11 Å². The van der Waals surface area contributed by atoms with Crippen LogP contribution >= 0.6 is 0 Å². The molecule has 0 radical (unpaired) electrons. The van der Waals surface area contributed by atoms with Gasteiger partial charge in [0.15, 0.2) is 0 Å². The minimum Gasteiger partial charge on any atom is -0.469 e. The van der Waals surface area contributed by atoms with Gasteiger partial charge >= 0.3 is 12.1 Å². The maximum atomic E-state index is 13.7. The second-order valence-electron chi connectivity index (χ2n) is 8.16. The molecule has 1 fully saturated rings. The number of nitrogens with one attached hydrogen (secondary N) is 3. The number of benzene rings is 1. The zero-order valence-corrected chi connectivity index (χ0v) is 18.0.